The molecule has 0 unspecified atom stereocenters. The number of nitriles is 1. The molecule has 0 spiro atoms. The standard InChI is InChI=1S/C15H17NO4S/c1-15(19-9-10-20-15)8-7-13(11-16)12-21(17,18)14-5-3-2-4-6-14/h2-7H,8-10,12H2,1H3/b13-7+. The quantitative estimate of drug-likeness (QED) is 0.778. The molecule has 5 nitrogen and oxygen atoms in total. The maximum atomic E-state index is 12.2. The molecule has 112 valence electrons. The molecule has 0 aromatic heterocycles. The molecule has 21 heavy (non-hydrogen) atoms. The van der Waals surface area contributed by atoms with Crippen molar-refractivity contribution >= 4 is 9.84 Å². The predicted octanol–water partition coefficient (Wildman–Crippen LogP) is 2.06. The lowest BCUT2D eigenvalue weighted by molar-refractivity contribution is -0.138. The van der Waals surface area contributed by atoms with E-state index in [1.54, 1.807) is 31.2 Å². The van der Waals surface area contributed by atoms with Gasteiger partial charge in [-0.15, -0.1) is 0 Å². The summed E-state index contributed by atoms with van der Waals surface area (Å²) in [5.41, 5.74) is 0.194. The summed E-state index contributed by atoms with van der Waals surface area (Å²) in [6.07, 6.45) is 1.92. The maximum absolute atomic E-state index is 12.2. The second kappa shape index (κ2) is 6.39. The lowest BCUT2D eigenvalue weighted by Crippen LogP contribution is -2.24. The lowest BCUT2D eigenvalue weighted by Gasteiger charge is -2.20. The van der Waals surface area contributed by atoms with Crippen LogP contribution in [0.1, 0.15) is 13.3 Å². The number of ether oxygens (including phenoxy) is 2. The number of hydrogen-bond acceptors (Lipinski definition) is 5. The Balaban J connectivity index is 2.10. The molecule has 1 aliphatic heterocycles. The summed E-state index contributed by atoms with van der Waals surface area (Å²) in [6.45, 7) is 2.79. The van der Waals surface area contributed by atoms with Crippen LogP contribution in [0.25, 0.3) is 0 Å². The molecule has 0 atom stereocenters. The third-order valence-electron chi connectivity index (χ3n) is 3.21. The number of rotatable bonds is 5. The largest absolute Gasteiger partial charge is 0.348 e. The molecule has 0 bridgehead atoms. The number of hydrogen-bond donors (Lipinski definition) is 0. The summed E-state index contributed by atoms with van der Waals surface area (Å²) in [5, 5.41) is 9.13. The predicted molar refractivity (Wildman–Crippen MR) is 77.1 cm³/mol. The first-order valence-electron chi connectivity index (χ1n) is 6.60. The number of sulfone groups is 1. The van der Waals surface area contributed by atoms with E-state index in [4.69, 9.17) is 14.7 Å². The zero-order chi connectivity index (χ0) is 15.3. The van der Waals surface area contributed by atoms with Crippen molar-refractivity contribution in [3.8, 4) is 6.07 Å². The van der Waals surface area contributed by atoms with Crippen LogP contribution < -0.4 is 0 Å². The van der Waals surface area contributed by atoms with Crippen molar-refractivity contribution in [2.75, 3.05) is 19.0 Å². The van der Waals surface area contributed by atoms with Gasteiger partial charge in [-0.2, -0.15) is 5.26 Å². The van der Waals surface area contributed by atoms with E-state index in [1.807, 2.05) is 6.07 Å². The highest BCUT2D eigenvalue weighted by Crippen LogP contribution is 2.24. The Bertz CT molecular complexity index is 653. The van der Waals surface area contributed by atoms with Gasteiger partial charge in [0.15, 0.2) is 15.6 Å². The molecule has 0 amide bonds. The van der Waals surface area contributed by atoms with E-state index in [0.717, 1.165) is 0 Å². The van der Waals surface area contributed by atoms with Crippen molar-refractivity contribution in [2.24, 2.45) is 0 Å². The molecule has 0 radical (unpaired) electrons. The molecule has 1 heterocycles. The van der Waals surface area contributed by atoms with Crippen LogP contribution in [0.2, 0.25) is 0 Å². The highest BCUT2D eigenvalue weighted by molar-refractivity contribution is 7.91. The van der Waals surface area contributed by atoms with Crippen LogP contribution >= 0.6 is 0 Å². The highest BCUT2D eigenvalue weighted by atomic mass is 32.2. The molecule has 6 heteroatoms. The Kier molecular flexibility index (Phi) is 4.78. The summed E-state index contributed by atoms with van der Waals surface area (Å²) in [6, 6.07) is 10.0. The lowest BCUT2D eigenvalue weighted by atomic mass is 10.1. The van der Waals surface area contributed by atoms with Gasteiger partial charge in [0.25, 0.3) is 0 Å². The summed E-state index contributed by atoms with van der Waals surface area (Å²) < 4.78 is 35.3. The van der Waals surface area contributed by atoms with Crippen molar-refractivity contribution in [2.45, 2.75) is 24.0 Å². The summed E-state index contributed by atoms with van der Waals surface area (Å²) >= 11 is 0. The Labute approximate surface area is 124 Å². The number of nitrogens with zero attached hydrogens (tertiary/aromatic N) is 1. The van der Waals surface area contributed by atoms with E-state index in [2.05, 4.69) is 0 Å². The Morgan fingerprint density at radius 1 is 1.33 bits per heavy atom. The molecule has 1 aromatic rings. The first-order chi connectivity index (χ1) is 9.95. The molecule has 2 rings (SSSR count). The molecule has 0 aliphatic carbocycles. The van der Waals surface area contributed by atoms with Crippen LogP contribution in [0, 0.1) is 11.3 Å². The van der Waals surface area contributed by atoms with Gasteiger partial charge >= 0.3 is 0 Å². The Morgan fingerprint density at radius 3 is 2.52 bits per heavy atom. The third-order valence-corrected chi connectivity index (χ3v) is 4.89. The van der Waals surface area contributed by atoms with Crippen molar-refractivity contribution in [1.29, 1.82) is 5.26 Å². The molecule has 1 aliphatic rings. The summed E-state index contributed by atoms with van der Waals surface area (Å²) in [7, 11) is -3.51. The van der Waals surface area contributed by atoms with Gasteiger partial charge in [-0.1, -0.05) is 24.3 Å². The van der Waals surface area contributed by atoms with E-state index in [-0.39, 0.29) is 16.2 Å². The molecule has 1 fully saturated rings. The monoisotopic (exact) mass is 307 g/mol. The Morgan fingerprint density at radius 2 is 1.95 bits per heavy atom. The molecule has 1 saturated heterocycles. The minimum absolute atomic E-state index is 0.194. The zero-order valence-electron chi connectivity index (χ0n) is 11.8. The molecular formula is C15H17NO4S. The first-order valence-corrected chi connectivity index (χ1v) is 8.25. The van der Waals surface area contributed by atoms with E-state index in [9.17, 15) is 8.42 Å². The van der Waals surface area contributed by atoms with E-state index in [0.29, 0.717) is 19.6 Å². The molecule has 1 aromatic carbocycles. The average molecular weight is 307 g/mol. The fourth-order valence-corrected chi connectivity index (χ4v) is 3.37. The van der Waals surface area contributed by atoms with Gasteiger partial charge in [-0.25, -0.2) is 8.42 Å². The van der Waals surface area contributed by atoms with Gasteiger partial charge in [0.2, 0.25) is 0 Å². The van der Waals surface area contributed by atoms with Crippen LogP contribution in [-0.4, -0.2) is 33.2 Å². The van der Waals surface area contributed by atoms with Crippen molar-refractivity contribution in [1.82, 2.24) is 0 Å². The highest BCUT2D eigenvalue weighted by Gasteiger charge is 2.30. The van der Waals surface area contributed by atoms with Crippen LogP contribution in [0.3, 0.4) is 0 Å². The van der Waals surface area contributed by atoms with Crippen LogP contribution in [0.15, 0.2) is 46.9 Å². The van der Waals surface area contributed by atoms with Crippen molar-refractivity contribution in [3.63, 3.8) is 0 Å². The normalized spacial score (nSPS) is 18.4. The molecule has 0 N–H and O–H groups in total. The van der Waals surface area contributed by atoms with Crippen molar-refractivity contribution < 1.29 is 17.9 Å². The average Bonchev–Trinajstić information content (AvgIpc) is 2.91. The van der Waals surface area contributed by atoms with E-state index in [1.165, 1.54) is 12.1 Å². The van der Waals surface area contributed by atoms with E-state index < -0.39 is 15.6 Å². The summed E-state index contributed by atoms with van der Waals surface area (Å²) in [4.78, 5) is 0.214. The second-order valence-electron chi connectivity index (χ2n) is 4.95. The minimum Gasteiger partial charge on any atom is -0.348 e. The van der Waals surface area contributed by atoms with Crippen molar-refractivity contribution in [3.05, 3.63) is 42.0 Å². The van der Waals surface area contributed by atoms with Gasteiger partial charge in [0, 0.05) is 12.0 Å². The zero-order valence-corrected chi connectivity index (χ0v) is 12.6. The fourth-order valence-electron chi connectivity index (χ4n) is 2.04. The molecule has 0 saturated carbocycles. The fraction of sp³-hybridized carbons (Fsp3) is 0.400. The third kappa shape index (κ3) is 4.14. The smallest absolute Gasteiger partial charge is 0.183 e. The van der Waals surface area contributed by atoms with Gasteiger partial charge < -0.3 is 9.47 Å². The Hall–Kier alpha value is -1.68. The van der Waals surface area contributed by atoms with Crippen LogP contribution in [-0.2, 0) is 19.3 Å². The summed E-state index contributed by atoms with van der Waals surface area (Å²) in [5.74, 6) is -1.08. The van der Waals surface area contributed by atoms with Gasteiger partial charge in [-0.3, -0.25) is 0 Å². The van der Waals surface area contributed by atoms with Gasteiger partial charge in [0.1, 0.15) is 0 Å². The van der Waals surface area contributed by atoms with Crippen LogP contribution in [0.4, 0.5) is 0 Å². The first kappa shape index (κ1) is 15.7. The van der Waals surface area contributed by atoms with E-state index >= 15 is 0 Å². The molecular weight excluding hydrogens is 290 g/mol. The topological polar surface area (TPSA) is 76.4 Å². The minimum atomic E-state index is -3.51. The second-order valence-corrected chi connectivity index (χ2v) is 6.94. The van der Waals surface area contributed by atoms with Crippen LogP contribution in [0.5, 0.6) is 0 Å². The SMILES string of the molecule is CC1(C/C=C(\C#N)CS(=O)(=O)c2ccccc2)OCCO1. The van der Waals surface area contributed by atoms with Gasteiger partial charge in [0.05, 0.1) is 29.9 Å². The number of benzene rings is 1. The van der Waals surface area contributed by atoms with Gasteiger partial charge in [-0.05, 0) is 19.1 Å². The maximum Gasteiger partial charge on any atom is 0.183 e.